The number of rotatable bonds is 5. The van der Waals surface area contributed by atoms with Gasteiger partial charge in [0.25, 0.3) is 0 Å². The van der Waals surface area contributed by atoms with Crippen LogP contribution in [0.1, 0.15) is 29.3 Å². The minimum absolute atomic E-state index is 0.0310. The molecule has 0 spiro atoms. The van der Waals surface area contributed by atoms with Crippen molar-refractivity contribution in [1.82, 2.24) is 0 Å². The van der Waals surface area contributed by atoms with Crippen LogP contribution in [0.15, 0.2) is 12.1 Å². The second-order valence-corrected chi connectivity index (χ2v) is 3.88. The third-order valence-electron chi connectivity index (χ3n) is 2.39. The molecule has 0 heterocycles. The summed E-state index contributed by atoms with van der Waals surface area (Å²) in [5.74, 6) is 0.411. The van der Waals surface area contributed by atoms with Gasteiger partial charge in [-0.15, -0.1) is 0 Å². The van der Waals surface area contributed by atoms with Gasteiger partial charge in [0.05, 0.1) is 17.7 Å². The van der Waals surface area contributed by atoms with Gasteiger partial charge in [-0.3, -0.25) is 4.79 Å². The van der Waals surface area contributed by atoms with Gasteiger partial charge in [0, 0.05) is 6.42 Å². The van der Waals surface area contributed by atoms with Crippen molar-refractivity contribution in [3.8, 4) is 5.75 Å². The van der Waals surface area contributed by atoms with Gasteiger partial charge in [-0.1, -0.05) is 18.5 Å². The highest BCUT2D eigenvalue weighted by atomic mass is 35.5. The Kier molecular flexibility index (Phi) is 4.77. The van der Waals surface area contributed by atoms with E-state index in [0.717, 1.165) is 12.0 Å². The Morgan fingerprint density at radius 2 is 2.19 bits per heavy atom. The van der Waals surface area contributed by atoms with E-state index < -0.39 is 0 Å². The highest BCUT2D eigenvalue weighted by Crippen LogP contribution is 2.31. The minimum atomic E-state index is -0.0310. The maximum atomic E-state index is 11.8. The van der Waals surface area contributed by atoms with Crippen LogP contribution in [0.3, 0.4) is 0 Å². The number of halogens is 1. The van der Waals surface area contributed by atoms with E-state index in [-0.39, 0.29) is 5.78 Å². The van der Waals surface area contributed by atoms with Crippen LogP contribution in [-0.4, -0.2) is 19.4 Å². The maximum absolute atomic E-state index is 11.8. The molecule has 0 saturated heterocycles. The van der Waals surface area contributed by atoms with E-state index >= 15 is 0 Å². The molecule has 4 heteroatoms. The predicted octanol–water partition coefficient (Wildman–Crippen LogP) is 2.44. The molecule has 0 aliphatic carbocycles. The molecule has 16 heavy (non-hydrogen) atoms. The second-order valence-electron chi connectivity index (χ2n) is 3.47. The van der Waals surface area contributed by atoms with Crippen LogP contribution in [0.2, 0.25) is 5.02 Å². The summed E-state index contributed by atoms with van der Waals surface area (Å²) in [6, 6.07) is 3.64. The van der Waals surface area contributed by atoms with Gasteiger partial charge in [0.1, 0.15) is 5.75 Å². The Morgan fingerprint density at radius 3 is 2.69 bits per heavy atom. The quantitative estimate of drug-likeness (QED) is 0.806. The van der Waals surface area contributed by atoms with Gasteiger partial charge in [0.2, 0.25) is 0 Å². The largest absolute Gasteiger partial charge is 0.494 e. The summed E-state index contributed by atoms with van der Waals surface area (Å²) in [4.78, 5) is 11.8. The second kappa shape index (κ2) is 5.87. The predicted molar refractivity (Wildman–Crippen MR) is 65.4 cm³/mol. The smallest absolute Gasteiger partial charge is 0.167 e. The first-order valence-electron chi connectivity index (χ1n) is 5.23. The van der Waals surface area contributed by atoms with Gasteiger partial charge in [-0.25, -0.2) is 0 Å². The lowest BCUT2D eigenvalue weighted by Crippen LogP contribution is -2.10. The number of ether oxygens (including phenoxy) is 1. The molecular formula is C12H16ClNO2. The molecule has 0 amide bonds. The molecule has 0 saturated carbocycles. The SMILES string of the molecule is CCc1cc(Cl)c(OC)c(C(=O)CCN)c1. The molecular weight excluding hydrogens is 226 g/mol. The van der Waals surface area contributed by atoms with Gasteiger partial charge in [-0.2, -0.15) is 0 Å². The van der Waals surface area contributed by atoms with Crippen molar-refractivity contribution in [3.05, 3.63) is 28.3 Å². The van der Waals surface area contributed by atoms with E-state index in [2.05, 4.69) is 0 Å². The first-order chi connectivity index (χ1) is 7.63. The fraction of sp³-hybridized carbons (Fsp3) is 0.417. The summed E-state index contributed by atoms with van der Waals surface area (Å²) in [5, 5.41) is 0.474. The average Bonchev–Trinajstić information content (AvgIpc) is 2.28. The van der Waals surface area contributed by atoms with Crippen molar-refractivity contribution in [1.29, 1.82) is 0 Å². The van der Waals surface area contributed by atoms with Gasteiger partial charge >= 0.3 is 0 Å². The normalized spacial score (nSPS) is 10.2. The molecule has 88 valence electrons. The topological polar surface area (TPSA) is 52.3 Å². The molecule has 2 N–H and O–H groups in total. The maximum Gasteiger partial charge on any atom is 0.167 e. The van der Waals surface area contributed by atoms with Crippen molar-refractivity contribution in [2.45, 2.75) is 19.8 Å². The highest BCUT2D eigenvalue weighted by Gasteiger charge is 2.15. The number of nitrogens with two attached hydrogens (primary N) is 1. The Hall–Kier alpha value is -1.06. The lowest BCUT2D eigenvalue weighted by atomic mass is 10.0. The van der Waals surface area contributed by atoms with Crippen LogP contribution >= 0.6 is 11.6 Å². The van der Waals surface area contributed by atoms with Crippen LogP contribution in [0, 0.1) is 0 Å². The number of methoxy groups -OCH3 is 1. The Bertz CT molecular complexity index is 391. The molecule has 1 aromatic carbocycles. The Labute approximate surface area is 101 Å². The van der Waals surface area contributed by atoms with Crippen LogP contribution in [0.5, 0.6) is 5.75 Å². The lowest BCUT2D eigenvalue weighted by Gasteiger charge is -2.11. The summed E-state index contributed by atoms with van der Waals surface area (Å²) in [6.45, 7) is 2.34. The van der Waals surface area contributed by atoms with Gasteiger partial charge in [-0.05, 0) is 30.7 Å². The number of benzene rings is 1. The third-order valence-corrected chi connectivity index (χ3v) is 2.67. The van der Waals surface area contributed by atoms with Crippen LogP contribution in [-0.2, 0) is 6.42 Å². The molecule has 0 bridgehead atoms. The van der Waals surface area contributed by atoms with E-state index in [4.69, 9.17) is 22.1 Å². The zero-order valence-electron chi connectivity index (χ0n) is 9.55. The van der Waals surface area contributed by atoms with Gasteiger partial charge in [0.15, 0.2) is 5.78 Å². The Morgan fingerprint density at radius 1 is 1.50 bits per heavy atom. The average molecular weight is 242 g/mol. The fourth-order valence-electron chi connectivity index (χ4n) is 1.53. The van der Waals surface area contributed by atoms with Crippen LogP contribution in [0.25, 0.3) is 0 Å². The third kappa shape index (κ3) is 2.74. The summed E-state index contributed by atoms with van der Waals surface area (Å²) in [7, 11) is 1.51. The van der Waals surface area contributed by atoms with Crippen LogP contribution < -0.4 is 10.5 Å². The van der Waals surface area contributed by atoms with E-state index in [0.29, 0.717) is 29.3 Å². The molecule has 0 unspecified atom stereocenters. The zero-order valence-corrected chi connectivity index (χ0v) is 10.3. The number of Topliss-reactive ketones (excluding diaryl/α,β-unsaturated/α-hetero) is 1. The molecule has 0 atom stereocenters. The first kappa shape index (κ1) is 13.0. The summed E-state index contributed by atoms with van der Waals surface area (Å²) in [6.07, 6.45) is 1.13. The molecule has 0 fully saturated rings. The van der Waals surface area contributed by atoms with Crippen molar-refractivity contribution in [2.75, 3.05) is 13.7 Å². The van der Waals surface area contributed by atoms with Crippen molar-refractivity contribution in [3.63, 3.8) is 0 Å². The van der Waals surface area contributed by atoms with Crippen molar-refractivity contribution in [2.24, 2.45) is 5.73 Å². The number of hydrogen-bond donors (Lipinski definition) is 1. The zero-order chi connectivity index (χ0) is 12.1. The summed E-state index contributed by atoms with van der Waals surface area (Å²) >= 11 is 6.05. The number of carbonyl (C=O) groups excluding carboxylic acids is 1. The molecule has 0 aromatic heterocycles. The minimum Gasteiger partial charge on any atom is -0.494 e. The number of ketones is 1. The molecule has 1 rings (SSSR count). The first-order valence-corrected chi connectivity index (χ1v) is 5.61. The molecule has 0 radical (unpaired) electrons. The molecule has 0 aliphatic heterocycles. The number of hydrogen-bond acceptors (Lipinski definition) is 3. The van der Waals surface area contributed by atoms with Gasteiger partial charge < -0.3 is 10.5 Å². The Balaban J connectivity index is 3.22. The lowest BCUT2D eigenvalue weighted by molar-refractivity contribution is 0.0982. The van der Waals surface area contributed by atoms with Crippen LogP contribution in [0.4, 0.5) is 0 Å². The number of aryl methyl sites for hydroxylation is 1. The van der Waals surface area contributed by atoms with E-state index in [1.54, 1.807) is 0 Å². The molecule has 3 nitrogen and oxygen atoms in total. The highest BCUT2D eigenvalue weighted by molar-refractivity contribution is 6.32. The van der Waals surface area contributed by atoms with E-state index in [9.17, 15) is 4.79 Å². The molecule has 0 aliphatic rings. The number of carbonyl (C=O) groups is 1. The monoisotopic (exact) mass is 241 g/mol. The van der Waals surface area contributed by atoms with E-state index in [1.807, 2.05) is 19.1 Å². The van der Waals surface area contributed by atoms with E-state index in [1.165, 1.54) is 7.11 Å². The fourth-order valence-corrected chi connectivity index (χ4v) is 1.85. The summed E-state index contributed by atoms with van der Waals surface area (Å²) in [5.41, 5.74) is 6.92. The molecule has 1 aromatic rings. The standard InChI is InChI=1S/C12H16ClNO2/c1-3-8-6-9(11(15)4-5-14)12(16-2)10(13)7-8/h6-7H,3-5,14H2,1-2H3. The summed E-state index contributed by atoms with van der Waals surface area (Å²) < 4.78 is 5.15. The van der Waals surface area contributed by atoms with Crippen molar-refractivity contribution < 1.29 is 9.53 Å². The van der Waals surface area contributed by atoms with Crippen molar-refractivity contribution >= 4 is 17.4 Å².